The van der Waals surface area contributed by atoms with Crippen LogP contribution in [0.1, 0.15) is 5.56 Å². The summed E-state index contributed by atoms with van der Waals surface area (Å²) in [6.45, 7) is 0. The molecule has 0 bridgehead atoms. The summed E-state index contributed by atoms with van der Waals surface area (Å²) in [6.07, 6.45) is 1.95. The van der Waals surface area contributed by atoms with E-state index in [1.807, 2.05) is 17.7 Å². The first-order valence-corrected chi connectivity index (χ1v) is 6.70. The SMILES string of the molecule is CSc1c(CCl)c(F)cc2sccc12. The Bertz CT molecular complexity index is 464. The summed E-state index contributed by atoms with van der Waals surface area (Å²) < 4.78 is 14.5. The lowest BCUT2D eigenvalue weighted by atomic mass is 10.2. The Morgan fingerprint density at radius 2 is 2.36 bits per heavy atom. The fourth-order valence-corrected chi connectivity index (χ4v) is 3.49. The maximum absolute atomic E-state index is 13.6. The van der Waals surface area contributed by atoms with Crippen LogP contribution in [0.15, 0.2) is 22.4 Å². The van der Waals surface area contributed by atoms with Gasteiger partial charge in [-0.05, 0) is 23.8 Å². The van der Waals surface area contributed by atoms with Gasteiger partial charge in [0.15, 0.2) is 0 Å². The van der Waals surface area contributed by atoms with Gasteiger partial charge in [0.05, 0.1) is 5.88 Å². The van der Waals surface area contributed by atoms with Crippen molar-refractivity contribution in [3.8, 4) is 0 Å². The van der Waals surface area contributed by atoms with E-state index in [4.69, 9.17) is 11.6 Å². The highest BCUT2D eigenvalue weighted by atomic mass is 35.5. The van der Waals surface area contributed by atoms with Gasteiger partial charge < -0.3 is 0 Å². The summed E-state index contributed by atoms with van der Waals surface area (Å²) in [5.41, 5.74) is 0.616. The van der Waals surface area contributed by atoms with Crippen LogP contribution < -0.4 is 0 Å². The van der Waals surface area contributed by atoms with Crippen molar-refractivity contribution in [3.63, 3.8) is 0 Å². The van der Waals surface area contributed by atoms with Gasteiger partial charge in [0.25, 0.3) is 0 Å². The molecule has 0 aliphatic heterocycles. The molecule has 14 heavy (non-hydrogen) atoms. The summed E-state index contributed by atoms with van der Waals surface area (Å²) in [4.78, 5) is 0.969. The van der Waals surface area contributed by atoms with Gasteiger partial charge in [-0.15, -0.1) is 34.7 Å². The average molecular weight is 247 g/mol. The van der Waals surface area contributed by atoms with Gasteiger partial charge in [0, 0.05) is 20.5 Å². The number of halogens is 2. The van der Waals surface area contributed by atoms with E-state index >= 15 is 0 Å². The number of thiophene rings is 1. The van der Waals surface area contributed by atoms with E-state index in [2.05, 4.69) is 0 Å². The summed E-state index contributed by atoms with van der Waals surface area (Å²) in [5.74, 6) is 0.0349. The molecule has 0 atom stereocenters. The smallest absolute Gasteiger partial charge is 0.130 e. The van der Waals surface area contributed by atoms with Crippen molar-refractivity contribution in [2.45, 2.75) is 10.8 Å². The van der Waals surface area contributed by atoms with Crippen molar-refractivity contribution in [1.29, 1.82) is 0 Å². The summed E-state index contributed by atoms with van der Waals surface area (Å²) in [7, 11) is 0. The minimum atomic E-state index is -0.195. The second-order valence-corrected chi connectivity index (χ2v) is 4.87. The zero-order chi connectivity index (χ0) is 10.1. The molecule has 0 nitrogen and oxygen atoms in total. The largest absolute Gasteiger partial charge is 0.207 e. The fraction of sp³-hybridized carbons (Fsp3) is 0.200. The Morgan fingerprint density at radius 1 is 1.57 bits per heavy atom. The molecule has 1 aromatic carbocycles. The van der Waals surface area contributed by atoms with Crippen LogP contribution >= 0.6 is 34.7 Å². The molecule has 0 spiro atoms. The third-order valence-electron chi connectivity index (χ3n) is 2.10. The number of hydrogen-bond acceptors (Lipinski definition) is 2. The first kappa shape index (κ1) is 10.3. The van der Waals surface area contributed by atoms with Crippen LogP contribution in [0.3, 0.4) is 0 Å². The third-order valence-corrected chi connectivity index (χ3v) is 4.10. The van der Waals surface area contributed by atoms with Crippen molar-refractivity contribution >= 4 is 44.8 Å². The van der Waals surface area contributed by atoms with E-state index in [-0.39, 0.29) is 11.7 Å². The molecule has 0 radical (unpaired) electrons. The fourth-order valence-electron chi connectivity index (χ4n) is 1.45. The predicted molar refractivity (Wildman–Crippen MR) is 63.1 cm³/mol. The number of alkyl halides is 1. The monoisotopic (exact) mass is 246 g/mol. The van der Waals surface area contributed by atoms with Crippen LogP contribution in [0.5, 0.6) is 0 Å². The van der Waals surface area contributed by atoms with Crippen molar-refractivity contribution in [2.24, 2.45) is 0 Å². The molecule has 74 valence electrons. The molecule has 4 heteroatoms. The number of thioether (sulfide) groups is 1. The second-order valence-electron chi connectivity index (χ2n) is 2.84. The third kappa shape index (κ3) is 1.53. The Hall–Kier alpha value is -0.250. The van der Waals surface area contributed by atoms with Crippen molar-refractivity contribution < 1.29 is 4.39 Å². The van der Waals surface area contributed by atoms with Crippen molar-refractivity contribution in [3.05, 3.63) is 28.9 Å². The molecule has 0 aliphatic rings. The predicted octanol–water partition coefficient (Wildman–Crippen LogP) is 4.50. The number of benzene rings is 1. The first-order valence-electron chi connectivity index (χ1n) is 4.06. The average Bonchev–Trinajstić information content (AvgIpc) is 2.62. The lowest BCUT2D eigenvalue weighted by Crippen LogP contribution is -1.90. The van der Waals surface area contributed by atoms with Crippen LogP contribution in [-0.4, -0.2) is 6.26 Å². The van der Waals surface area contributed by atoms with E-state index < -0.39 is 0 Å². The molecule has 1 heterocycles. The molecule has 2 aromatic rings. The van der Waals surface area contributed by atoms with Gasteiger partial charge >= 0.3 is 0 Å². The van der Waals surface area contributed by atoms with Crippen LogP contribution in [0, 0.1) is 5.82 Å². The molecular weight excluding hydrogens is 239 g/mol. The molecule has 2 rings (SSSR count). The molecule has 0 aliphatic carbocycles. The van der Waals surface area contributed by atoms with Crippen LogP contribution in [-0.2, 0) is 5.88 Å². The highest BCUT2D eigenvalue weighted by Gasteiger charge is 2.12. The van der Waals surface area contributed by atoms with E-state index in [0.717, 1.165) is 15.0 Å². The lowest BCUT2D eigenvalue weighted by Gasteiger charge is -2.07. The second kappa shape index (κ2) is 4.09. The highest BCUT2D eigenvalue weighted by molar-refractivity contribution is 7.98. The molecule has 0 saturated heterocycles. The zero-order valence-corrected chi connectivity index (χ0v) is 9.90. The van der Waals surface area contributed by atoms with E-state index in [9.17, 15) is 4.39 Å². The Balaban J connectivity index is 2.82. The van der Waals surface area contributed by atoms with Crippen LogP contribution in [0.2, 0.25) is 0 Å². The molecule has 0 N–H and O–H groups in total. The normalized spacial score (nSPS) is 11.1. The first-order chi connectivity index (χ1) is 6.77. The number of hydrogen-bond donors (Lipinski definition) is 0. The Labute approximate surface area is 95.1 Å². The van der Waals surface area contributed by atoms with Crippen molar-refractivity contribution in [1.82, 2.24) is 0 Å². The molecule has 0 unspecified atom stereocenters. The van der Waals surface area contributed by atoms with E-state index in [0.29, 0.717) is 5.56 Å². The van der Waals surface area contributed by atoms with Gasteiger partial charge in [-0.1, -0.05) is 0 Å². The van der Waals surface area contributed by atoms with Crippen molar-refractivity contribution in [2.75, 3.05) is 6.26 Å². The zero-order valence-electron chi connectivity index (χ0n) is 7.51. The molecule has 1 aromatic heterocycles. The number of fused-ring (bicyclic) bond motifs is 1. The minimum absolute atomic E-state index is 0.195. The van der Waals surface area contributed by atoms with E-state index in [1.165, 1.54) is 0 Å². The Morgan fingerprint density at radius 3 is 3.00 bits per heavy atom. The summed E-state index contributed by atoms with van der Waals surface area (Å²) in [6, 6.07) is 3.58. The maximum atomic E-state index is 13.6. The molecule has 0 amide bonds. The molecule has 0 fully saturated rings. The van der Waals surface area contributed by atoms with Gasteiger partial charge in [0.1, 0.15) is 5.82 Å². The van der Waals surface area contributed by atoms with Crippen LogP contribution in [0.4, 0.5) is 4.39 Å². The topological polar surface area (TPSA) is 0 Å². The van der Waals surface area contributed by atoms with Gasteiger partial charge in [-0.25, -0.2) is 4.39 Å². The summed E-state index contributed by atoms with van der Waals surface area (Å²) >= 11 is 8.84. The highest BCUT2D eigenvalue weighted by Crippen LogP contribution is 2.35. The van der Waals surface area contributed by atoms with Gasteiger partial charge in [-0.3, -0.25) is 0 Å². The Kier molecular flexibility index (Phi) is 3.00. The quantitative estimate of drug-likeness (QED) is 0.555. The van der Waals surface area contributed by atoms with E-state index in [1.54, 1.807) is 29.2 Å². The minimum Gasteiger partial charge on any atom is -0.207 e. The van der Waals surface area contributed by atoms with Gasteiger partial charge in [-0.2, -0.15) is 0 Å². The number of rotatable bonds is 2. The maximum Gasteiger partial charge on any atom is 0.130 e. The summed E-state index contributed by atoms with van der Waals surface area (Å²) in [5, 5.41) is 3.08. The standard InChI is InChI=1S/C10H8ClFS2/c1-13-10-6-2-3-14-9(6)4-8(12)7(10)5-11/h2-4H,5H2,1H3. The lowest BCUT2D eigenvalue weighted by molar-refractivity contribution is 0.615. The molecule has 0 saturated carbocycles. The molecular formula is C10H8ClFS2. The van der Waals surface area contributed by atoms with Gasteiger partial charge in [0.2, 0.25) is 0 Å². The van der Waals surface area contributed by atoms with Crippen LogP contribution in [0.25, 0.3) is 10.1 Å².